The Kier molecular flexibility index (Phi) is 2.05. The van der Waals surface area contributed by atoms with Crippen LogP contribution in [0.1, 0.15) is 12.5 Å². The van der Waals surface area contributed by atoms with Gasteiger partial charge in [0.05, 0.1) is 5.36 Å². The lowest BCUT2D eigenvalue weighted by Crippen LogP contribution is -2.19. The zero-order chi connectivity index (χ0) is 11.9. The molecule has 3 rings (SSSR count). The molecule has 1 unspecified atom stereocenters. The van der Waals surface area contributed by atoms with Crippen LogP contribution < -0.4 is 10.6 Å². The van der Waals surface area contributed by atoms with Gasteiger partial charge in [0.2, 0.25) is 0 Å². The van der Waals surface area contributed by atoms with E-state index in [9.17, 15) is 5.11 Å². The molecule has 0 saturated heterocycles. The van der Waals surface area contributed by atoms with Crippen molar-refractivity contribution in [1.82, 2.24) is 0 Å². The number of phenolic OH excluding ortho intramolecular Hbond substituents is 1. The van der Waals surface area contributed by atoms with Gasteiger partial charge in [-0.1, -0.05) is 36.4 Å². The molecule has 0 fully saturated rings. The second-order valence-electron chi connectivity index (χ2n) is 4.48. The van der Waals surface area contributed by atoms with Crippen LogP contribution in [0.3, 0.4) is 0 Å². The summed E-state index contributed by atoms with van der Waals surface area (Å²) in [6.45, 7) is 2.02. The van der Waals surface area contributed by atoms with Gasteiger partial charge in [-0.05, 0) is 30.4 Å². The summed E-state index contributed by atoms with van der Waals surface area (Å²) >= 11 is 0. The molecule has 0 aromatic heterocycles. The summed E-state index contributed by atoms with van der Waals surface area (Å²) in [5.74, 6) is 0.294. The second-order valence-corrected chi connectivity index (χ2v) is 4.48. The van der Waals surface area contributed by atoms with Crippen LogP contribution in [0.2, 0.25) is 0 Å². The fourth-order valence-corrected chi connectivity index (χ4v) is 2.34. The van der Waals surface area contributed by atoms with Crippen LogP contribution >= 0.6 is 0 Å². The van der Waals surface area contributed by atoms with Gasteiger partial charge in [-0.15, -0.1) is 0 Å². The summed E-state index contributed by atoms with van der Waals surface area (Å²) < 4.78 is 0. The number of hydrogen-bond donors (Lipinski definition) is 1. The molecule has 0 spiro atoms. The summed E-state index contributed by atoms with van der Waals surface area (Å²) in [5.41, 5.74) is 0.380. The average molecular weight is 223 g/mol. The van der Waals surface area contributed by atoms with Gasteiger partial charge < -0.3 is 5.11 Å². The summed E-state index contributed by atoms with van der Waals surface area (Å²) in [6, 6.07) is 15.4. The van der Waals surface area contributed by atoms with Crippen molar-refractivity contribution >= 4 is 6.08 Å². The molecule has 2 nitrogen and oxygen atoms in total. The van der Waals surface area contributed by atoms with E-state index in [0.29, 0.717) is 5.75 Å². The van der Waals surface area contributed by atoms with Crippen molar-refractivity contribution in [3.63, 3.8) is 0 Å². The molecule has 0 bridgehead atoms. The van der Waals surface area contributed by atoms with Crippen LogP contribution in [-0.2, 0) is 5.54 Å². The zero-order valence-corrected chi connectivity index (χ0v) is 9.59. The Labute approximate surface area is 99.6 Å². The molecular formula is C15H13NO. The Hall–Kier alpha value is -2.09. The molecule has 1 N–H and O–H groups in total. The Balaban J connectivity index is 2.25. The SMILES string of the molecule is CC1(c2ccccc2O)C=c2ccccc2=N1. The molecule has 0 radical (unpaired) electrons. The lowest BCUT2D eigenvalue weighted by atomic mass is 9.92. The molecule has 2 aromatic rings. The van der Waals surface area contributed by atoms with E-state index in [1.165, 1.54) is 0 Å². The molecular weight excluding hydrogens is 210 g/mol. The number of hydrogen-bond acceptors (Lipinski definition) is 2. The van der Waals surface area contributed by atoms with Crippen molar-refractivity contribution < 1.29 is 5.11 Å². The fourth-order valence-electron chi connectivity index (χ4n) is 2.34. The summed E-state index contributed by atoms with van der Waals surface area (Å²) in [5, 5.41) is 12.0. The quantitative estimate of drug-likeness (QED) is 0.784. The maximum atomic E-state index is 9.94. The predicted octanol–water partition coefficient (Wildman–Crippen LogP) is 1.72. The molecule has 84 valence electrons. The van der Waals surface area contributed by atoms with Crippen molar-refractivity contribution in [2.24, 2.45) is 4.99 Å². The number of aromatic hydroxyl groups is 1. The van der Waals surface area contributed by atoms with E-state index in [0.717, 1.165) is 16.1 Å². The van der Waals surface area contributed by atoms with E-state index in [1.54, 1.807) is 6.07 Å². The van der Waals surface area contributed by atoms with E-state index in [2.05, 4.69) is 6.08 Å². The van der Waals surface area contributed by atoms with Crippen molar-refractivity contribution in [1.29, 1.82) is 0 Å². The monoisotopic (exact) mass is 223 g/mol. The van der Waals surface area contributed by atoms with E-state index >= 15 is 0 Å². The fraction of sp³-hybridized carbons (Fsp3) is 0.133. The van der Waals surface area contributed by atoms with Crippen molar-refractivity contribution in [2.45, 2.75) is 12.5 Å². The third kappa shape index (κ3) is 1.53. The third-order valence-corrected chi connectivity index (χ3v) is 3.18. The Morgan fingerprint density at radius 2 is 1.71 bits per heavy atom. The highest BCUT2D eigenvalue weighted by atomic mass is 16.3. The van der Waals surface area contributed by atoms with Crippen LogP contribution in [-0.4, -0.2) is 5.11 Å². The highest BCUT2D eigenvalue weighted by Crippen LogP contribution is 2.34. The number of benzene rings is 2. The van der Waals surface area contributed by atoms with E-state index in [-0.39, 0.29) is 0 Å². The third-order valence-electron chi connectivity index (χ3n) is 3.18. The molecule has 17 heavy (non-hydrogen) atoms. The van der Waals surface area contributed by atoms with Crippen molar-refractivity contribution in [3.8, 4) is 5.75 Å². The highest BCUT2D eigenvalue weighted by Gasteiger charge is 2.28. The largest absolute Gasteiger partial charge is 0.508 e. The first-order chi connectivity index (χ1) is 8.19. The van der Waals surface area contributed by atoms with Crippen LogP contribution in [0.15, 0.2) is 53.5 Å². The predicted molar refractivity (Wildman–Crippen MR) is 67.1 cm³/mol. The normalized spacial score (nSPS) is 21.5. The van der Waals surface area contributed by atoms with E-state index in [1.807, 2.05) is 49.4 Å². The number of phenols is 1. The Morgan fingerprint density at radius 3 is 2.47 bits per heavy atom. The van der Waals surface area contributed by atoms with Gasteiger partial charge in [-0.25, -0.2) is 0 Å². The van der Waals surface area contributed by atoms with Crippen LogP contribution in [0.4, 0.5) is 0 Å². The average Bonchev–Trinajstić information content (AvgIpc) is 2.66. The number of fused-ring (bicyclic) bond motifs is 1. The van der Waals surface area contributed by atoms with Gasteiger partial charge in [0, 0.05) is 5.56 Å². The van der Waals surface area contributed by atoms with Crippen molar-refractivity contribution in [3.05, 3.63) is 64.7 Å². The zero-order valence-electron chi connectivity index (χ0n) is 9.59. The lowest BCUT2D eigenvalue weighted by Gasteiger charge is -2.20. The van der Waals surface area contributed by atoms with Gasteiger partial charge in [-0.2, -0.15) is 0 Å². The summed E-state index contributed by atoms with van der Waals surface area (Å²) in [7, 11) is 0. The number of nitrogens with zero attached hydrogens (tertiary/aromatic N) is 1. The van der Waals surface area contributed by atoms with Gasteiger partial charge >= 0.3 is 0 Å². The summed E-state index contributed by atoms with van der Waals surface area (Å²) in [4.78, 5) is 4.70. The van der Waals surface area contributed by atoms with E-state index < -0.39 is 5.54 Å². The highest BCUT2D eigenvalue weighted by molar-refractivity contribution is 5.52. The summed E-state index contributed by atoms with van der Waals surface area (Å²) in [6.07, 6.45) is 2.09. The standard InChI is InChI=1S/C15H13NO/c1-15(12-7-3-5-9-14(12)17)10-11-6-2-4-8-13(11)16-15/h2-10,17H,1H3. The minimum Gasteiger partial charge on any atom is -0.508 e. The first-order valence-electron chi connectivity index (χ1n) is 5.65. The van der Waals surface area contributed by atoms with Crippen LogP contribution in [0.25, 0.3) is 6.08 Å². The number of para-hydroxylation sites is 2. The lowest BCUT2D eigenvalue weighted by molar-refractivity contribution is 0.456. The molecule has 0 aliphatic carbocycles. The first-order valence-corrected chi connectivity index (χ1v) is 5.65. The van der Waals surface area contributed by atoms with Gasteiger partial charge in [0.15, 0.2) is 0 Å². The maximum Gasteiger partial charge on any atom is 0.121 e. The molecule has 0 amide bonds. The Morgan fingerprint density at radius 1 is 1.00 bits per heavy atom. The maximum absolute atomic E-state index is 9.94. The molecule has 1 aliphatic heterocycles. The van der Waals surface area contributed by atoms with Crippen molar-refractivity contribution in [2.75, 3.05) is 0 Å². The van der Waals surface area contributed by atoms with Gasteiger partial charge in [-0.3, -0.25) is 4.99 Å². The molecule has 1 atom stereocenters. The van der Waals surface area contributed by atoms with Crippen LogP contribution in [0.5, 0.6) is 5.75 Å². The van der Waals surface area contributed by atoms with E-state index in [4.69, 9.17) is 4.99 Å². The molecule has 0 saturated carbocycles. The van der Waals surface area contributed by atoms with Gasteiger partial charge in [0.25, 0.3) is 0 Å². The smallest absolute Gasteiger partial charge is 0.121 e. The Bertz CT molecular complexity index is 653. The second kappa shape index (κ2) is 3.45. The first kappa shape index (κ1) is 10.1. The van der Waals surface area contributed by atoms with Crippen LogP contribution in [0, 0.1) is 0 Å². The topological polar surface area (TPSA) is 32.6 Å². The molecule has 2 aromatic carbocycles. The minimum atomic E-state index is -0.463. The molecule has 1 aliphatic rings. The molecule has 2 heteroatoms. The molecule has 1 heterocycles. The van der Waals surface area contributed by atoms with Gasteiger partial charge in [0.1, 0.15) is 11.3 Å². The minimum absolute atomic E-state index is 0.294. The number of rotatable bonds is 1.